The van der Waals surface area contributed by atoms with Crippen molar-refractivity contribution in [3.05, 3.63) is 52.8 Å². The van der Waals surface area contributed by atoms with Crippen molar-refractivity contribution in [2.24, 2.45) is 0 Å². The van der Waals surface area contributed by atoms with E-state index in [1.54, 1.807) is 24.3 Å². The van der Waals surface area contributed by atoms with Crippen molar-refractivity contribution in [3.63, 3.8) is 0 Å². The Bertz CT molecular complexity index is 535. The SMILES string of the molecule is Cc1cc(F)ccc1Nc1c(N)cccc1Cl. The van der Waals surface area contributed by atoms with Crippen LogP contribution in [0.2, 0.25) is 5.02 Å². The lowest BCUT2D eigenvalue weighted by molar-refractivity contribution is 0.627. The molecule has 0 heterocycles. The summed E-state index contributed by atoms with van der Waals surface area (Å²) in [5, 5.41) is 3.65. The van der Waals surface area contributed by atoms with Crippen LogP contribution < -0.4 is 11.1 Å². The van der Waals surface area contributed by atoms with Gasteiger partial charge in [-0.25, -0.2) is 4.39 Å². The molecule has 0 aliphatic heterocycles. The first-order chi connectivity index (χ1) is 8.08. The summed E-state index contributed by atoms with van der Waals surface area (Å²) in [6.45, 7) is 1.82. The number of rotatable bonds is 2. The molecule has 0 radical (unpaired) electrons. The van der Waals surface area contributed by atoms with E-state index in [0.717, 1.165) is 11.3 Å². The van der Waals surface area contributed by atoms with Crippen LogP contribution in [-0.4, -0.2) is 0 Å². The highest BCUT2D eigenvalue weighted by Crippen LogP contribution is 2.32. The molecule has 0 aliphatic rings. The van der Waals surface area contributed by atoms with Crippen molar-refractivity contribution >= 4 is 28.7 Å². The molecule has 4 heteroatoms. The fourth-order valence-electron chi connectivity index (χ4n) is 1.57. The van der Waals surface area contributed by atoms with Gasteiger partial charge in [-0.05, 0) is 42.8 Å². The van der Waals surface area contributed by atoms with Gasteiger partial charge in [-0.1, -0.05) is 17.7 Å². The number of benzene rings is 2. The van der Waals surface area contributed by atoms with Gasteiger partial charge < -0.3 is 11.1 Å². The fourth-order valence-corrected chi connectivity index (χ4v) is 1.80. The van der Waals surface area contributed by atoms with Gasteiger partial charge in [0, 0.05) is 5.69 Å². The summed E-state index contributed by atoms with van der Waals surface area (Å²) < 4.78 is 13.0. The summed E-state index contributed by atoms with van der Waals surface area (Å²) in [4.78, 5) is 0. The number of nitrogen functional groups attached to an aromatic ring is 1. The first kappa shape index (κ1) is 11.7. The summed E-state index contributed by atoms with van der Waals surface area (Å²) in [7, 11) is 0. The molecule has 2 nitrogen and oxygen atoms in total. The maximum Gasteiger partial charge on any atom is 0.123 e. The number of para-hydroxylation sites is 1. The zero-order chi connectivity index (χ0) is 12.4. The highest BCUT2D eigenvalue weighted by molar-refractivity contribution is 6.34. The van der Waals surface area contributed by atoms with E-state index >= 15 is 0 Å². The van der Waals surface area contributed by atoms with Crippen molar-refractivity contribution < 1.29 is 4.39 Å². The van der Waals surface area contributed by atoms with Crippen LogP contribution in [0, 0.1) is 12.7 Å². The molecule has 0 unspecified atom stereocenters. The number of nitrogens with two attached hydrogens (primary N) is 1. The van der Waals surface area contributed by atoms with Crippen LogP contribution in [0.15, 0.2) is 36.4 Å². The van der Waals surface area contributed by atoms with Crippen LogP contribution in [0.5, 0.6) is 0 Å². The third-order valence-electron chi connectivity index (χ3n) is 2.49. The minimum Gasteiger partial charge on any atom is -0.397 e. The van der Waals surface area contributed by atoms with E-state index in [1.807, 2.05) is 6.92 Å². The average molecular weight is 251 g/mol. The Morgan fingerprint density at radius 2 is 2.00 bits per heavy atom. The average Bonchev–Trinajstić information content (AvgIpc) is 2.26. The highest BCUT2D eigenvalue weighted by atomic mass is 35.5. The van der Waals surface area contributed by atoms with Crippen LogP contribution >= 0.6 is 11.6 Å². The highest BCUT2D eigenvalue weighted by Gasteiger charge is 2.06. The number of aryl methyl sites for hydroxylation is 1. The zero-order valence-electron chi connectivity index (χ0n) is 9.30. The zero-order valence-corrected chi connectivity index (χ0v) is 10.1. The second kappa shape index (κ2) is 4.63. The smallest absolute Gasteiger partial charge is 0.123 e. The van der Waals surface area contributed by atoms with Gasteiger partial charge in [0.05, 0.1) is 16.4 Å². The molecule has 2 aromatic rings. The lowest BCUT2D eigenvalue weighted by Crippen LogP contribution is -1.98. The van der Waals surface area contributed by atoms with Gasteiger partial charge in [0.15, 0.2) is 0 Å². The molecule has 0 aliphatic carbocycles. The number of hydrogen-bond donors (Lipinski definition) is 2. The second-order valence-electron chi connectivity index (χ2n) is 3.79. The first-order valence-electron chi connectivity index (χ1n) is 5.15. The van der Waals surface area contributed by atoms with Gasteiger partial charge >= 0.3 is 0 Å². The molecular formula is C13H12ClFN2. The van der Waals surface area contributed by atoms with E-state index in [1.165, 1.54) is 12.1 Å². The Kier molecular flexibility index (Phi) is 3.20. The lowest BCUT2D eigenvalue weighted by Gasteiger charge is -2.13. The van der Waals surface area contributed by atoms with Crippen LogP contribution in [0.25, 0.3) is 0 Å². The van der Waals surface area contributed by atoms with Gasteiger partial charge in [-0.2, -0.15) is 0 Å². The molecule has 0 saturated heterocycles. The summed E-state index contributed by atoms with van der Waals surface area (Å²) in [5.41, 5.74) is 8.61. The topological polar surface area (TPSA) is 38.0 Å². The summed E-state index contributed by atoms with van der Waals surface area (Å²) >= 11 is 6.05. The molecule has 2 rings (SSSR count). The monoisotopic (exact) mass is 250 g/mol. The first-order valence-corrected chi connectivity index (χ1v) is 5.53. The Morgan fingerprint density at radius 1 is 1.24 bits per heavy atom. The number of anilines is 3. The predicted octanol–water partition coefficient (Wildman–Crippen LogP) is 4.11. The Hall–Kier alpha value is -1.74. The maximum atomic E-state index is 13.0. The molecule has 2 aromatic carbocycles. The van der Waals surface area contributed by atoms with Gasteiger partial charge in [0.2, 0.25) is 0 Å². The third kappa shape index (κ3) is 2.50. The fraction of sp³-hybridized carbons (Fsp3) is 0.0769. The largest absolute Gasteiger partial charge is 0.397 e. The minimum atomic E-state index is -0.264. The van der Waals surface area contributed by atoms with Crippen molar-refractivity contribution in [3.8, 4) is 0 Å². The molecule has 3 N–H and O–H groups in total. The molecule has 0 aromatic heterocycles. The second-order valence-corrected chi connectivity index (χ2v) is 4.20. The van der Waals surface area contributed by atoms with E-state index in [2.05, 4.69) is 5.32 Å². The van der Waals surface area contributed by atoms with Gasteiger partial charge in [-0.3, -0.25) is 0 Å². The molecule has 0 fully saturated rings. The predicted molar refractivity (Wildman–Crippen MR) is 70.3 cm³/mol. The molecule has 0 atom stereocenters. The number of hydrogen-bond acceptors (Lipinski definition) is 2. The third-order valence-corrected chi connectivity index (χ3v) is 2.81. The van der Waals surface area contributed by atoms with Gasteiger partial charge in [0.1, 0.15) is 5.82 Å². The van der Waals surface area contributed by atoms with E-state index in [4.69, 9.17) is 17.3 Å². The van der Waals surface area contributed by atoms with Crippen LogP contribution in [-0.2, 0) is 0 Å². The van der Waals surface area contributed by atoms with Crippen molar-refractivity contribution in [2.45, 2.75) is 6.92 Å². The van der Waals surface area contributed by atoms with Crippen molar-refractivity contribution in [1.82, 2.24) is 0 Å². The molecular weight excluding hydrogens is 239 g/mol. The van der Waals surface area contributed by atoms with E-state index in [0.29, 0.717) is 16.4 Å². The van der Waals surface area contributed by atoms with E-state index in [9.17, 15) is 4.39 Å². The van der Waals surface area contributed by atoms with Crippen LogP contribution in [0.4, 0.5) is 21.5 Å². The lowest BCUT2D eigenvalue weighted by atomic mass is 10.2. The molecule has 0 saturated carbocycles. The summed E-state index contributed by atoms with van der Waals surface area (Å²) in [6.07, 6.45) is 0. The Labute approximate surface area is 104 Å². The quantitative estimate of drug-likeness (QED) is 0.787. The summed E-state index contributed by atoms with van der Waals surface area (Å²) in [5.74, 6) is -0.264. The normalized spacial score (nSPS) is 10.3. The maximum absolute atomic E-state index is 13.0. The molecule has 0 bridgehead atoms. The van der Waals surface area contributed by atoms with Crippen molar-refractivity contribution in [2.75, 3.05) is 11.1 Å². The minimum absolute atomic E-state index is 0.264. The summed E-state index contributed by atoms with van der Waals surface area (Å²) in [6, 6.07) is 9.79. The van der Waals surface area contributed by atoms with Gasteiger partial charge in [0.25, 0.3) is 0 Å². The van der Waals surface area contributed by atoms with E-state index < -0.39 is 0 Å². The molecule has 0 spiro atoms. The standard InChI is InChI=1S/C13H12ClFN2/c1-8-7-9(15)5-6-12(8)17-13-10(14)3-2-4-11(13)16/h2-7,17H,16H2,1H3. The molecule has 88 valence electrons. The van der Waals surface area contributed by atoms with E-state index in [-0.39, 0.29) is 5.82 Å². The van der Waals surface area contributed by atoms with Gasteiger partial charge in [-0.15, -0.1) is 0 Å². The number of halogens is 2. The Balaban J connectivity index is 2.38. The van der Waals surface area contributed by atoms with Crippen molar-refractivity contribution in [1.29, 1.82) is 0 Å². The van der Waals surface area contributed by atoms with Crippen LogP contribution in [0.3, 0.4) is 0 Å². The number of nitrogens with one attached hydrogen (secondary N) is 1. The van der Waals surface area contributed by atoms with Crippen LogP contribution in [0.1, 0.15) is 5.56 Å². The Morgan fingerprint density at radius 3 is 2.65 bits per heavy atom. The molecule has 17 heavy (non-hydrogen) atoms. The molecule has 0 amide bonds.